The molecule has 1 aliphatic rings. The van der Waals surface area contributed by atoms with Crippen molar-refractivity contribution in [2.45, 2.75) is 44.6 Å². The summed E-state index contributed by atoms with van der Waals surface area (Å²) in [5.74, 6) is 0.936. The van der Waals surface area contributed by atoms with Crippen molar-refractivity contribution < 1.29 is 14.6 Å². The van der Waals surface area contributed by atoms with Crippen LogP contribution >= 0.6 is 0 Å². The molecule has 0 saturated heterocycles. The predicted molar refractivity (Wildman–Crippen MR) is 77.8 cm³/mol. The van der Waals surface area contributed by atoms with E-state index in [1.807, 2.05) is 24.3 Å². The molecule has 1 aliphatic carbocycles. The maximum atomic E-state index is 11.9. The number of rotatable bonds is 6. The second-order valence-electron chi connectivity index (χ2n) is 5.82. The molecule has 2 rings (SSSR count). The van der Waals surface area contributed by atoms with Crippen molar-refractivity contribution >= 4 is 5.91 Å². The van der Waals surface area contributed by atoms with Crippen LogP contribution in [-0.4, -0.2) is 29.8 Å². The predicted octanol–water partition coefficient (Wildman–Crippen LogP) is 2.22. The second kappa shape index (κ2) is 6.27. The summed E-state index contributed by atoms with van der Waals surface area (Å²) in [5.41, 5.74) is 0.693. The minimum absolute atomic E-state index is 0.00131. The van der Waals surface area contributed by atoms with Crippen molar-refractivity contribution in [2.75, 3.05) is 13.2 Å². The zero-order valence-corrected chi connectivity index (χ0v) is 12.2. The Morgan fingerprint density at radius 3 is 2.65 bits per heavy atom. The lowest BCUT2D eigenvalue weighted by molar-refractivity contribution is -0.127. The summed E-state index contributed by atoms with van der Waals surface area (Å²) in [6.45, 7) is 4.18. The zero-order chi connectivity index (χ0) is 14.6. The summed E-state index contributed by atoms with van der Waals surface area (Å²) in [4.78, 5) is 11.9. The Morgan fingerprint density at radius 1 is 1.40 bits per heavy atom. The molecule has 1 fully saturated rings. The summed E-state index contributed by atoms with van der Waals surface area (Å²) in [7, 11) is 0. The third-order valence-corrected chi connectivity index (χ3v) is 3.92. The summed E-state index contributed by atoms with van der Waals surface area (Å²) < 4.78 is 5.63. The molecule has 0 radical (unpaired) electrons. The third kappa shape index (κ3) is 3.31. The molecule has 4 nitrogen and oxygen atoms in total. The van der Waals surface area contributed by atoms with Crippen molar-refractivity contribution in [1.29, 1.82) is 0 Å². The zero-order valence-electron chi connectivity index (χ0n) is 12.2. The smallest absolute Gasteiger partial charge is 0.258 e. The van der Waals surface area contributed by atoms with Crippen molar-refractivity contribution in [3.63, 3.8) is 0 Å². The highest BCUT2D eigenvalue weighted by Gasteiger charge is 2.37. The Balaban J connectivity index is 1.90. The van der Waals surface area contributed by atoms with E-state index in [0.29, 0.717) is 5.92 Å². The van der Waals surface area contributed by atoms with E-state index >= 15 is 0 Å². The molecule has 1 aromatic carbocycles. The lowest BCUT2D eigenvalue weighted by atomic mass is 9.77. The van der Waals surface area contributed by atoms with Gasteiger partial charge in [0.1, 0.15) is 5.75 Å². The molecule has 2 N–H and O–H groups in total. The minimum atomic E-state index is -0.405. The Kier molecular flexibility index (Phi) is 4.65. The Hall–Kier alpha value is -1.55. The fraction of sp³-hybridized carbons (Fsp3) is 0.562. The van der Waals surface area contributed by atoms with Gasteiger partial charge >= 0.3 is 0 Å². The van der Waals surface area contributed by atoms with E-state index in [1.165, 1.54) is 0 Å². The van der Waals surface area contributed by atoms with Crippen LogP contribution in [0, 0.1) is 0 Å². The molecule has 0 aliphatic heterocycles. The first kappa shape index (κ1) is 14.9. The van der Waals surface area contributed by atoms with Gasteiger partial charge in [0.15, 0.2) is 6.61 Å². The van der Waals surface area contributed by atoms with Gasteiger partial charge in [0.05, 0.1) is 12.1 Å². The van der Waals surface area contributed by atoms with Crippen LogP contribution in [0.2, 0.25) is 0 Å². The number of aliphatic hydroxyl groups excluding tert-OH is 1. The van der Waals surface area contributed by atoms with Crippen LogP contribution in [0.4, 0.5) is 0 Å². The first-order valence-electron chi connectivity index (χ1n) is 7.20. The lowest BCUT2D eigenvalue weighted by Gasteiger charge is -2.40. The molecule has 0 aromatic heterocycles. The van der Waals surface area contributed by atoms with Crippen LogP contribution in [-0.2, 0) is 4.79 Å². The Morgan fingerprint density at radius 2 is 2.10 bits per heavy atom. The number of carbonyl (C=O) groups excluding carboxylic acids is 1. The highest BCUT2D eigenvalue weighted by Crippen LogP contribution is 2.31. The van der Waals surface area contributed by atoms with Gasteiger partial charge in [-0.15, -0.1) is 0 Å². The van der Waals surface area contributed by atoms with E-state index in [-0.39, 0.29) is 19.1 Å². The second-order valence-corrected chi connectivity index (χ2v) is 5.82. The summed E-state index contributed by atoms with van der Waals surface area (Å²) in [6.07, 6.45) is 2.74. The van der Waals surface area contributed by atoms with Gasteiger partial charge in [0.25, 0.3) is 5.91 Å². The van der Waals surface area contributed by atoms with Gasteiger partial charge in [-0.05, 0) is 36.8 Å². The molecule has 0 atom stereocenters. The molecule has 20 heavy (non-hydrogen) atoms. The van der Waals surface area contributed by atoms with E-state index in [9.17, 15) is 9.90 Å². The van der Waals surface area contributed by atoms with Gasteiger partial charge in [-0.2, -0.15) is 0 Å². The molecule has 1 aromatic rings. The number of ether oxygens (including phenoxy) is 1. The van der Waals surface area contributed by atoms with E-state index in [4.69, 9.17) is 4.74 Å². The van der Waals surface area contributed by atoms with Crippen LogP contribution in [0.3, 0.4) is 0 Å². The Labute approximate surface area is 120 Å². The van der Waals surface area contributed by atoms with Gasteiger partial charge in [-0.3, -0.25) is 4.79 Å². The standard InChI is InChI=1S/C16H23NO3/c1-12(2)13-6-3-4-7-14(13)20-10-15(19)17-16(11-18)8-5-9-16/h3-4,6-7,12,18H,5,8-11H2,1-2H3,(H,17,19). The molecule has 0 heterocycles. The van der Waals surface area contributed by atoms with Crippen molar-refractivity contribution in [3.8, 4) is 5.75 Å². The number of amides is 1. The van der Waals surface area contributed by atoms with Crippen molar-refractivity contribution in [2.24, 2.45) is 0 Å². The van der Waals surface area contributed by atoms with Crippen molar-refractivity contribution in [3.05, 3.63) is 29.8 Å². The summed E-state index contributed by atoms with van der Waals surface area (Å²) in [5, 5.41) is 12.2. The number of aliphatic hydroxyl groups is 1. The molecular weight excluding hydrogens is 254 g/mol. The molecule has 1 amide bonds. The van der Waals surface area contributed by atoms with Crippen LogP contribution in [0.1, 0.15) is 44.6 Å². The van der Waals surface area contributed by atoms with Crippen LogP contribution in [0.25, 0.3) is 0 Å². The third-order valence-electron chi connectivity index (χ3n) is 3.92. The SMILES string of the molecule is CC(C)c1ccccc1OCC(=O)NC1(CO)CCC1. The lowest BCUT2D eigenvalue weighted by Crippen LogP contribution is -2.57. The number of nitrogens with one attached hydrogen (secondary N) is 1. The minimum Gasteiger partial charge on any atom is -0.483 e. The van der Waals surface area contributed by atoms with Crippen LogP contribution in [0.15, 0.2) is 24.3 Å². The average Bonchev–Trinajstić information content (AvgIpc) is 2.41. The number of benzene rings is 1. The Bertz CT molecular complexity index is 461. The molecule has 4 heteroatoms. The molecular formula is C16H23NO3. The average molecular weight is 277 g/mol. The first-order chi connectivity index (χ1) is 9.56. The maximum absolute atomic E-state index is 11.9. The van der Waals surface area contributed by atoms with E-state index < -0.39 is 5.54 Å². The maximum Gasteiger partial charge on any atom is 0.258 e. The molecule has 0 bridgehead atoms. The van der Waals surface area contributed by atoms with Gasteiger partial charge < -0.3 is 15.2 Å². The highest BCUT2D eigenvalue weighted by atomic mass is 16.5. The van der Waals surface area contributed by atoms with Gasteiger partial charge in [0, 0.05) is 0 Å². The van der Waals surface area contributed by atoms with Gasteiger partial charge in [-0.25, -0.2) is 0 Å². The molecule has 110 valence electrons. The normalized spacial score (nSPS) is 16.6. The monoisotopic (exact) mass is 277 g/mol. The molecule has 0 unspecified atom stereocenters. The largest absolute Gasteiger partial charge is 0.483 e. The van der Waals surface area contributed by atoms with Crippen LogP contribution < -0.4 is 10.1 Å². The fourth-order valence-corrected chi connectivity index (χ4v) is 2.49. The summed E-state index contributed by atoms with van der Waals surface area (Å²) >= 11 is 0. The fourth-order valence-electron chi connectivity index (χ4n) is 2.49. The quantitative estimate of drug-likeness (QED) is 0.838. The van der Waals surface area contributed by atoms with Crippen LogP contribution in [0.5, 0.6) is 5.75 Å². The van der Waals surface area contributed by atoms with E-state index in [0.717, 1.165) is 30.6 Å². The van der Waals surface area contributed by atoms with Gasteiger partial charge in [-0.1, -0.05) is 32.0 Å². The van der Waals surface area contributed by atoms with Crippen molar-refractivity contribution in [1.82, 2.24) is 5.32 Å². The number of carbonyl (C=O) groups is 1. The van der Waals surface area contributed by atoms with E-state index in [2.05, 4.69) is 19.2 Å². The highest BCUT2D eigenvalue weighted by molar-refractivity contribution is 5.78. The number of hydrogen-bond donors (Lipinski definition) is 2. The number of para-hydroxylation sites is 1. The topological polar surface area (TPSA) is 58.6 Å². The van der Waals surface area contributed by atoms with Gasteiger partial charge in [0.2, 0.25) is 0 Å². The van der Waals surface area contributed by atoms with E-state index in [1.54, 1.807) is 0 Å². The number of hydrogen-bond acceptors (Lipinski definition) is 3. The molecule has 1 saturated carbocycles. The first-order valence-corrected chi connectivity index (χ1v) is 7.20. The summed E-state index contributed by atoms with van der Waals surface area (Å²) in [6, 6.07) is 7.77. The molecule has 0 spiro atoms.